The second-order valence-corrected chi connectivity index (χ2v) is 4.95. The van der Waals surface area contributed by atoms with Gasteiger partial charge in [0.2, 0.25) is 0 Å². The minimum atomic E-state index is -1.11. The molecule has 0 aromatic carbocycles. The van der Waals surface area contributed by atoms with Gasteiger partial charge in [0.25, 0.3) is 0 Å². The van der Waals surface area contributed by atoms with Gasteiger partial charge >= 0.3 is 12.0 Å². The largest absolute Gasteiger partial charge is 0.480 e. The van der Waals surface area contributed by atoms with Crippen molar-refractivity contribution in [2.75, 3.05) is 26.2 Å². The Balaban J connectivity index is 1.97. The summed E-state index contributed by atoms with van der Waals surface area (Å²) in [5, 5.41) is 15.1. The quantitative estimate of drug-likeness (QED) is 0.642. The summed E-state index contributed by atoms with van der Waals surface area (Å²) in [5.74, 6) is -0.865. The van der Waals surface area contributed by atoms with E-state index in [2.05, 4.69) is 10.6 Å². The predicted molar refractivity (Wildman–Crippen MR) is 61.7 cm³/mol. The van der Waals surface area contributed by atoms with E-state index in [1.807, 2.05) is 0 Å². The van der Waals surface area contributed by atoms with Crippen molar-refractivity contribution in [2.24, 2.45) is 5.92 Å². The van der Waals surface area contributed by atoms with Crippen LogP contribution in [0.3, 0.4) is 0 Å². The van der Waals surface area contributed by atoms with Crippen LogP contribution in [0.5, 0.6) is 0 Å². The number of nitrogens with one attached hydrogen (secondary N) is 2. The third-order valence-corrected chi connectivity index (χ3v) is 3.61. The number of piperazine rings is 1. The molecule has 96 valence electrons. The summed E-state index contributed by atoms with van der Waals surface area (Å²) in [4.78, 5) is 24.9. The zero-order valence-corrected chi connectivity index (χ0v) is 10.0. The van der Waals surface area contributed by atoms with Gasteiger partial charge in [-0.25, -0.2) is 9.59 Å². The first kappa shape index (κ1) is 12.2. The van der Waals surface area contributed by atoms with Gasteiger partial charge < -0.3 is 20.6 Å². The maximum Gasteiger partial charge on any atom is 0.329 e. The molecule has 0 spiro atoms. The second-order valence-electron chi connectivity index (χ2n) is 4.95. The predicted octanol–water partition coefficient (Wildman–Crippen LogP) is -0.145. The second kappa shape index (κ2) is 4.52. The summed E-state index contributed by atoms with van der Waals surface area (Å²) >= 11 is 0. The Bertz CT molecular complexity index is 324. The SMILES string of the molecule is CC(NC(=O)N1CCNCC1)(C(=O)O)C1CC1. The molecule has 1 atom stereocenters. The fourth-order valence-electron chi connectivity index (χ4n) is 2.16. The average molecular weight is 241 g/mol. The summed E-state index contributed by atoms with van der Waals surface area (Å²) in [5.41, 5.74) is -1.11. The molecule has 2 aliphatic rings. The first-order valence-corrected chi connectivity index (χ1v) is 6.05. The van der Waals surface area contributed by atoms with E-state index in [-0.39, 0.29) is 11.9 Å². The van der Waals surface area contributed by atoms with Crippen molar-refractivity contribution in [2.45, 2.75) is 25.3 Å². The lowest BCUT2D eigenvalue weighted by atomic mass is 9.96. The number of aliphatic carboxylic acids is 1. The van der Waals surface area contributed by atoms with E-state index in [4.69, 9.17) is 0 Å². The lowest BCUT2D eigenvalue weighted by Gasteiger charge is -2.33. The number of carbonyl (C=O) groups excluding carboxylic acids is 1. The lowest BCUT2D eigenvalue weighted by Crippen LogP contribution is -2.59. The van der Waals surface area contributed by atoms with Gasteiger partial charge in [-0.2, -0.15) is 0 Å². The highest BCUT2D eigenvalue weighted by Crippen LogP contribution is 2.39. The number of rotatable bonds is 3. The van der Waals surface area contributed by atoms with Crippen LogP contribution in [-0.4, -0.2) is 53.7 Å². The third-order valence-electron chi connectivity index (χ3n) is 3.61. The first-order valence-electron chi connectivity index (χ1n) is 6.05. The molecule has 1 heterocycles. The molecule has 0 aromatic rings. The zero-order chi connectivity index (χ0) is 12.5. The number of carbonyl (C=O) groups is 2. The zero-order valence-electron chi connectivity index (χ0n) is 10.0. The molecule has 0 bridgehead atoms. The van der Waals surface area contributed by atoms with Crippen molar-refractivity contribution in [3.63, 3.8) is 0 Å². The van der Waals surface area contributed by atoms with Gasteiger partial charge in [0.1, 0.15) is 5.54 Å². The minimum absolute atomic E-state index is 0.0758. The number of nitrogens with zero attached hydrogens (tertiary/aromatic N) is 1. The minimum Gasteiger partial charge on any atom is -0.480 e. The fraction of sp³-hybridized carbons (Fsp3) is 0.818. The van der Waals surface area contributed by atoms with Gasteiger partial charge in [-0.05, 0) is 25.7 Å². The van der Waals surface area contributed by atoms with Gasteiger partial charge in [-0.1, -0.05) is 0 Å². The van der Waals surface area contributed by atoms with Crippen LogP contribution in [0, 0.1) is 5.92 Å². The van der Waals surface area contributed by atoms with E-state index in [1.54, 1.807) is 11.8 Å². The smallest absolute Gasteiger partial charge is 0.329 e. The van der Waals surface area contributed by atoms with Crippen LogP contribution in [0.4, 0.5) is 4.79 Å². The average Bonchev–Trinajstić information content (AvgIpc) is 3.13. The van der Waals surface area contributed by atoms with E-state index in [0.29, 0.717) is 13.1 Å². The summed E-state index contributed by atoms with van der Waals surface area (Å²) in [6, 6.07) is -0.261. The Morgan fingerprint density at radius 3 is 2.41 bits per heavy atom. The number of hydrogen-bond acceptors (Lipinski definition) is 3. The maximum atomic E-state index is 12.0. The number of carboxylic acid groups (broad SMARTS) is 1. The number of amides is 2. The molecule has 17 heavy (non-hydrogen) atoms. The van der Waals surface area contributed by atoms with Crippen LogP contribution in [0.2, 0.25) is 0 Å². The molecule has 2 rings (SSSR count). The van der Waals surface area contributed by atoms with Crippen molar-refractivity contribution in [1.82, 2.24) is 15.5 Å². The monoisotopic (exact) mass is 241 g/mol. The molecule has 3 N–H and O–H groups in total. The first-order chi connectivity index (χ1) is 8.04. The van der Waals surface area contributed by atoms with Crippen LogP contribution < -0.4 is 10.6 Å². The number of hydrogen-bond donors (Lipinski definition) is 3. The van der Waals surface area contributed by atoms with Crippen molar-refractivity contribution in [3.05, 3.63) is 0 Å². The van der Waals surface area contributed by atoms with Gasteiger partial charge in [-0.15, -0.1) is 0 Å². The van der Waals surface area contributed by atoms with E-state index < -0.39 is 11.5 Å². The molecule has 1 saturated carbocycles. The Morgan fingerprint density at radius 2 is 1.94 bits per heavy atom. The van der Waals surface area contributed by atoms with Gasteiger partial charge in [0.05, 0.1) is 0 Å². The Kier molecular flexibility index (Phi) is 3.24. The molecule has 2 fully saturated rings. The number of urea groups is 1. The summed E-state index contributed by atoms with van der Waals surface area (Å²) in [6.07, 6.45) is 1.76. The highest BCUT2D eigenvalue weighted by atomic mass is 16.4. The Hall–Kier alpha value is -1.30. The third kappa shape index (κ3) is 2.52. The molecule has 0 radical (unpaired) electrons. The van der Waals surface area contributed by atoms with E-state index >= 15 is 0 Å². The summed E-state index contributed by atoms with van der Waals surface area (Å²) in [6.45, 7) is 4.40. The Morgan fingerprint density at radius 1 is 1.35 bits per heavy atom. The van der Waals surface area contributed by atoms with Gasteiger partial charge in [0.15, 0.2) is 0 Å². The standard InChI is InChI=1S/C11H19N3O3/c1-11(9(15)16,8-2-3-8)13-10(17)14-6-4-12-5-7-14/h8,12H,2-7H2,1H3,(H,13,17)(H,15,16). The summed E-state index contributed by atoms with van der Waals surface area (Å²) in [7, 11) is 0. The molecule has 1 aliphatic heterocycles. The maximum absolute atomic E-state index is 12.0. The molecule has 0 aromatic heterocycles. The van der Waals surface area contributed by atoms with Crippen LogP contribution in [-0.2, 0) is 4.79 Å². The van der Waals surface area contributed by atoms with Crippen LogP contribution in [0.15, 0.2) is 0 Å². The number of carboxylic acids is 1. The highest BCUT2D eigenvalue weighted by molar-refractivity contribution is 5.86. The van der Waals surface area contributed by atoms with Crippen LogP contribution in [0.1, 0.15) is 19.8 Å². The molecule has 1 unspecified atom stereocenters. The lowest BCUT2D eigenvalue weighted by molar-refractivity contribution is -0.144. The van der Waals surface area contributed by atoms with Crippen LogP contribution >= 0.6 is 0 Å². The van der Waals surface area contributed by atoms with Crippen molar-refractivity contribution in [1.29, 1.82) is 0 Å². The summed E-state index contributed by atoms with van der Waals surface area (Å²) < 4.78 is 0. The van der Waals surface area contributed by atoms with Gasteiger partial charge in [0, 0.05) is 26.2 Å². The highest BCUT2D eigenvalue weighted by Gasteiger charge is 2.49. The van der Waals surface area contributed by atoms with Gasteiger partial charge in [-0.3, -0.25) is 0 Å². The normalized spacial score (nSPS) is 23.9. The van der Waals surface area contributed by atoms with Crippen LogP contribution in [0.25, 0.3) is 0 Å². The molecular formula is C11H19N3O3. The molecule has 6 nitrogen and oxygen atoms in total. The van der Waals surface area contributed by atoms with E-state index in [0.717, 1.165) is 25.9 Å². The van der Waals surface area contributed by atoms with E-state index in [1.165, 1.54) is 0 Å². The Labute approximate surface area is 100 Å². The molecule has 6 heteroatoms. The molecular weight excluding hydrogens is 222 g/mol. The van der Waals surface area contributed by atoms with Crippen molar-refractivity contribution >= 4 is 12.0 Å². The van der Waals surface area contributed by atoms with Crippen molar-refractivity contribution < 1.29 is 14.7 Å². The molecule has 1 saturated heterocycles. The van der Waals surface area contributed by atoms with E-state index in [9.17, 15) is 14.7 Å². The van der Waals surface area contributed by atoms with Crippen molar-refractivity contribution in [3.8, 4) is 0 Å². The topological polar surface area (TPSA) is 81.7 Å². The fourth-order valence-corrected chi connectivity index (χ4v) is 2.16. The molecule has 2 amide bonds. The molecule has 1 aliphatic carbocycles.